The quantitative estimate of drug-likeness (QED) is 0.804. The number of amides is 1. The molecule has 0 aliphatic rings. The van der Waals surface area contributed by atoms with Crippen molar-refractivity contribution in [1.29, 1.82) is 0 Å². The topological polar surface area (TPSA) is 67.0 Å². The molecule has 5 nitrogen and oxygen atoms in total. The van der Waals surface area contributed by atoms with Crippen LogP contribution >= 0.6 is 34.8 Å². The van der Waals surface area contributed by atoms with Crippen LogP contribution < -0.4 is 10.1 Å². The van der Waals surface area contributed by atoms with Crippen LogP contribution in [0.5, 0.6) is 5.75 Å². The Labute approximate surface area is 136 Å². The van der Waals surface area contributed by atoms with Gasteiger partial charge in [0.25, 0.3) is 5.91 Å². The second-order valence-corrected chi connectivity index (χ2v) is 5.39. The van der Waals surface area contributed by atoms with Crippen molar-refractivity contribution in [2.45, 2.75) is 13.3 Å². The molecular weight excluding hydrogens is 337 g/mol. The summed E-state index contributed by atoms with van der Waals surface area (Å²) in [6.45, 7) is 1.76. The van der Waals surface area contributed by atoms with E-state index in [-0.39, 0.29) is 23.3 Å². The number of halogens is 3. The summed E-state index contributed by atoms with van der Waals surface area (Å²) >= 11 is 17.6. The Balaban J connectivity index is 1.93. The molecule has 2 N–H and O–H groups in total. The Bertz CT molecular complexity index is 658. The van der Waals surface area contributed by atoms with Gasteiger partial charge in [-0.1, -0.05) is 41.7 Å². The number of carbonyl (C=O) groups excluding carboxylic acids is 1. The maximum atomic E-state index is 11.8. The Hall–Kier alpha value is -1.43. The van der Waals surface area contributed by atoms with Gasteiger partial charge in [0.15, 0.2) is 12.4 Å². The first-order valence-electron chi connectivity index (χ1n) is 6.11. The predicted molar refractivity (Wildman–Crippen MR) is 83.6 cm³/mol. The molecule has 1 aromatic heterocycles. The summed E-state index contributed by atoms with van der Waals surface area (Å²) < 4.78 is 5.31. The molecule has 0 radical (unpaired) electrons. The fraction of sp³-hybridized carbons (Fsp3) is 0.231. The molecule has 1 heterocycles. The van der Waals surface area contributed by atoms with Crippen LogP contribution in [0.3, 0.4) is 0 Å². The van der Waals surface area contributed by atoms with Crippen LogP contribution in [0.25, 0.3) is 0 Å². The molecule has 0 saturated carbocycles. The van der Waals surface area contributed by atoms with Crippen LogP contribution in [0, 0.1) is 0 Å². The predicted octanol–water partition coefficient (Wildman–Crippen LogP) is 3.95. The normalized spacial score (nSPS) is 10.5. The van der Waals surface area contributed by atoms with Crippen molar-refractivity contribution in [1.82, 2.24) is 10.2 Å². The number of hydrogen-bond acceptors (Lipinski definition) is 3. The molecule has 0 bridgehead atoms. The van der Waals surface area contributed by atoms with Gasteiger partial charge in [0.2, 0.25) is 0 Å². The summed E-state index contributed by atoms with van der Waals surface area (Å²) in [5.41, 5.74) is 0.929. The Morgan fingerprint density at radius 3 is 2.62 bits per heavy atom. The summed E-state index contributed by atoms with van der Waals surface area (Å²) in [6.07, 6.45) is 0.804. The van der Waals surface area contributed by atoms with Crippen molar-refractivity contribution in [2.75, 3.05) is 11.9 Å². The zero-order valence-electron chi connectivity index (χ0n) is 11.0. The van der Waals surface area contributed by atoms with Gasteiger partial charge in [0, 0.05) is 17.8 Å². The van der Waals surface area contributed by atoms with Crippen LogP contribution in [0.4, 0.5) is 5.82 Å². The second-order valence-electron chi connectivity index (χ2n) is 4.17. The first kappa shape index (κ1) is 15.9. The molecule has 0 saturated heterocycles. The lowest BCUT2D eigenvalue weighted by atomic mass is 10.3. The van der Waals surface area contributed by atoms with Crippen molar-refractivity contribution in [3.63, 3.8) is 0 Å². The highest BCUT2D eigenvalue weighted by molar-refractivity contribution is 6.43. The molecule has 21 heavy (non-hydrogen) atoms. The number of ether oxygens (including phenoxy) is 1. The molecule has 112 valence electrons. The van der Waals surface area contributed by atoms with E-state index in [1.165, 1.54) is 12.1 Å². The van der Waals surface area contributed by atoms with E-state index in [0.29, 0.717) is 15.9 Å². The molecule has 0 unspecified atom stereocenters. The summed E-state index contributed by atoms with van der Waals surface area (Å²) in [4.78, 5) is 11.8. The minimum Gasteiger partial charge on any atom is -0.482 e. The van der Waals surface area contributed by atoms with Crippen molar-refractivity contribution in [2.24, 2.45) is 0 Å². The maximum absolute atomic E-state index is 11.8. The molecular formula is C13H12Cl3N3O2. The van der Waals surface area contributed by atoms with Crippen LogP contribution in [0.1, 0.15) is 12.6 Å². The molecule has 0 atom stereocenters. The van der Waals surface area contributed by atoms with E-state index in [0.717, 1.165) is 12.1 Å². The van der Waals surface area contributed by atoms with Crippen LogP contribution in [0.2, 0.25) is 15.1 Å². The Morgan fingerprint density at radius 1 is 1.24 bits per heavy atom. The van der Waals surface area contributed by atoms with E-state index in [4.69, 9.17) is 39.5 Å². The lowest BCUT2D eigenvalue weighted by molar-refractivity contribution is -0.118. The lowest BCUT2D eigenvalue weighted by Gasteiger charge is -2.08. The number of aromatic amines is 1. The van der Waals surface area contributed by atoms with Crippen LogP contribution in [-0.2, 0) is 11.2 Å². The number of carbonyl (C=O) groups is 1. The molecule has 0 spiro atoms. The number of anilines is 1. The first-order chi connectivity index (χ1) is 9.99. The van der Waals surface area contributed by atoms with Gasteiger partial charge >= 0.3 is 0 Å². The zero-order chi connectivity index (χ0) is 15.4. The minimum atomic E-state index is -0.355. The van der Waals surface area contributed by atoms with Crippen molar-refractivity contribution in [3.05, 3.63) is 39.0 Å². The Kier molecular flexibility index (Phi) is 5.33. The van der Waals surface area contributed by atoms with E-state index in [2.05, 4.69) is 15.5 Å². The van der Waals surface area contributed by atoms with Gasteiger partial charge in [-0.2, -0.15) is 5.10 Å². The van der Waals surface area contributed by atoms with Crippen molar-refractivity contribution in [3.8, 4) is 5.75 Å². The number of H-pyrrole nitrogens is 1. The smallest absolute Gasteiger partial charge is 0.263 e. The number of hydrogen-bond donors (Lipinski definition) is 2. The van der Waals surface area contributed by atoms with Crippen LogP contribution in [0.15, 0.2) is 18.2 Å². The standard InChI is InChI=1S/C13H12Cl3N3O2/c1-2-7-3-12(19-18-7)17-13(20)6-21-11-5-9(15)8(14)4-10(11)16/h3-5H,2,6H2,1H3,(H2,17,18,19,20). The van der Waals surface area contributed by atoms with Gasteiger partial charge < -0.3 is 10.1 Å². The largest absolute Gasteiger partial charge is 0.482 e. The molecule has 1 amide bonds. The molecule has 0 fully saturated rings. The molecule has 8 heteroatoms. The summed E-state index contributed by atoms with van der Waals surface area (Å²) in [7, 11) is 0. The third-order valence-electron chi connectivity index (χ3n) is 2.61. The summed E-state index contributed by atoms with van der Waals surface area (Å²) in [5.74, 6) is 0.379. The van der Waals surface area contributed by atoms with Crippen molar-refractivity contribution < 1.29 is 9.53 Å². The molecule has 2 rings (SSSR count). The SMILES string of the molecule is CCc1cc(NC(=O)COc2cc(Cl)c(Cl)cc2Cl)n[nH]1. The van der Waals surface area contributed by atoms with Gasteiger partial charge in [-0.3, -0.25) is 9.89 Å². The number of rotatable bonds is 5. The van der Waals surface area contributed by atoms with Crippen LogP contribution in [-0.4, -0.2) is 22.7 Å². The van der Waals surface area contributed by atoms with E-state index in [1.54, 1.807) is 6.07 Å². The Morgan fingerprint density at radius 2 is 1.95 bits per heavy atom. The third-order valence-corrected chi connectivity index (χ3v) is 3.63. The van der Waals surface area contributed by atoms with Gasteiger partial charge in [-0.05, 0) is 12.5 Å². The lowest BCUT2D eigenvalue weighted by Crippen LogP contribution is -2.20. The second kappa shape index (κ2) is 7.02. The molecule has 2 aromatic rings. The van der Waals surface area contributed by atoms with E-state index in [9.17, 15) is 4.79 Å². The fourth-order valence-electron chi connectivity index (χ4n) is 1.54. The minimum absolute atomic E-state index is 0.216. The highest BCUT2D eigenvalue weighted by Gasteiger charge is 2.10. The number of benzene rings is 1. The highest BCUT2D eigenvalue weighted by Crippen LogP contribution is 2.33. The van der Waals surface area contributed by atoms with Gasteiger partial charge in [-0.15, -0.1) is 0 Å². The highest BCUT2D eigenvalue weighted by atomic mass is 35.5. The fourth-order valence-corrected chi connectivity index (χ4v) is 2.14. The summed E-state index contributed by atoms with van der Waals surface area (Å²) in [6, 6.07) is 4.67. The molecule has 1 aromatic carbocycles. The maximum Gasteiger partial charge on any atom is 0.263 e. The first-order valence-corrected chi connectivity index (χ1v) is 7.24. The number of nitrogens with zero attached hydrogens (tertiary/aromatic N) is 1. The third kappa shape index (κ3) is 4.27. The van der Waals surface area contributed by atoms with Gasteiger partial charge in [-0.25, -0.2) is 0 Å². The van der Waals surface area contributed by atoms with Gasteiger partial charge in [0.05, 0.1) is 15.1 Å². The monoisotopic (exact) mass is 347 g/mol. The van der Waals surface area contributed by atoms with E-state index < -0.39 is 0 Å². The molecule has 0 aliphatic heterocycles. The average Bonchev–Trinajstić information content (AvgIpc) is 2.89. The van der Waals surface area contributed by atoms with Crippen molar-refractivity contribution >= 4 is 46.5 Å². The van der Waals surface area contributed by atoms with E-state index >= 15 is 0 Å². The average molecular weight is 349 g/mol. The van der Waals surface area contributed by atoms with Gasteiger partial charge in [0.1, 0.15) is 5.75 Å². The summed E-state index contributed by atoms with van der Waals surface area (Å²) in [5, 5.41) is 10.3. The number of nitrogens with one attached hydrogen (secondary N) is 2. The molecule has 0 aliphatic carbocycles. The zero-order valence-corrected chi connectivity index (χ0v) is 13.3. The van der Waals surface area contributed by atoms with E-state index in [1.807, 2.05) is 6.92 Å². The number of aromatic nitrogens is 2. The number of aryl methyl sites for hydroxylation is 1.